The third-order valence-electron chi connectivity index (χ3n) is 17.2. The molecular formula is C59H63N6O4+. The molecule has 6 fully saturated rings. The summed E-state index contributed by atoms with van der Waals surface area (Å²) in [5.41, 5.74) is 5.44. The first-order valence-corrected chi connectivity index (χ1v) is 25.4. The molecule has 69 heavy (non-hydrogen) atoms. The summed E-state index contributed by atoms with van der Waals surface area (Å²) in [6.45, 7) is 9.98. The lowest BCUT2D eigenvalue weighted by molar-refractivity contribution is -0.985. The molecule has 352 valence electrons. The second-order valence-electron chi connectivity index (χ2n) is 20.5. The van der Waals surface area contributed by atoms with Gasteiger partial charge in [-0.05, 0) is 120 Å². The number of benzene rings is 5. The van der Waals surface area contributed by atoms with Crippen molar-refractivity contribution in [3.05, 3.63) is 144 Å². The SMILES string of the molecule is CC[C@H]1CN2CCC1C[C@@H]2[C@@H](Oc1ccc(O[C@@H](c2ccnc3ccc(OC)cc23)C2C[C@H]3CC[N+]2(Cc2c4ccccc4cc4ccccc24)C[C@@H]3CC)nn1)c1ccnc2ccc(OC)cc12. The molecule has 10 atom stereocenters. The number of pyridine rings is 2. The Morgan fingerprint density at radius 2 is 1.22 bits per heavy atom. The van der Waals surface area contributed by atoms with E-state index in [1.54, 1.807) is 14.2 Å². The summed E-state index contributed by atoms with van der Waals surface area (Å²) < 4.78 is 27.1. The Labute approximate surface area is 405 Å². The highest BCUT2D eigenvalue weighted by atomic mass is 16.5. The van der Waals surface area contributed by atoms with Gasteiger partial charge in [0.2, 0.25) is 11.8 Å². The minimum Gasteiger partial charge on any atom is -0.497 e. The van der Waals surface area contributed by atoms with E-state index in [4.69, 9.17) is 39.1 Å². The van der Waals surface area contributed by atoms with Crippen molar-refractivity contribution in [2.24, 2.45) is 23.7 Å². The van der Waals surface area contributed by atoms with Gasteiger partial charge in [-0.25, -0.2) is 0 Å². The fourth-order valence-electron chi connectivity index (χ4n) is 13.6. The van der Waals surface area contributed by atoms with E-state index in [0.717, 1.165) is 94.5 Å². The van der Waals surface area contributed by atoms with E-state index in [0.29, 0.717) is 35.4 Å². The van der Waals surface area contributed by atoms with Crippen molar-refractivity contribution in [1.29, 1.82) is 0 Å². The molecule has 14 rings (SSSR count). The van der Waals surface area contributed by atoms with Crippen LogP contribution in [0.4, 0.5) is 0 Å². The number of hydrogen-bond donors (Lipinski definition) is 0. The Hall–Kier alpha value is -6.36. The van der Waals surface area contributed by atoms with Gasteiger partial charge < -0.3 is 23.4 Å². The molecule has 6 saturated heterocycles. The Kier molecular flexibility index (Phi) is 11.6. The van der Waals surface area contributed by atoms with Crippen molar-refractivity contribution in [3.8, 4) is 23.3 Å². The third kappa shape index (κ3) is 7.90. The fraction of sp³-hybridized carbons (Fsp3) is 0.390. The summed E-state index contributed by atoms with van der Waals surface area (Å²) >= 11 is 0. The number of quaternary nitrogens is 1. The van der Waals surface area contributed by atoms with Gasteiger partial charge in [0.05, 0.1) is 44.4 Å². The molecule has 5 aromatic carbocycles. The predicted octanol–water partition coefficient (Wildman–Crippen LogP) is 12.1. The zero-order valence-electron chi connectivity index (χ0n) is 40.3. The highest BCUT2D eigenvalue weighted by Crippen LogP contribution is 2.51. The largest absolute Gasteiger partial charge is 0.497 e. The van der Waals surface area contributed by atoms with Crippen LogP contribution in [0.3, 0.4) is 0 Å². The van der Waals surface area contributed by atoms with Crippen LogP contribution in [0.25, 0.3) is 43.4 Å². The van der Waals surface area contributed by atoms with E-state index < -0.39 is 0 Å². The van der Waals surface area contributed by atoms with Gasteiger partial charge in [-0.3, -0.25) is 14.9 Å². The number of rotatable bonds is 14. The van der Waals surface area contributed by atoms with Crippen LogP contribution in [0.1, 0.15) is 81.3 Å². The molecule has 0 spiro atoms. The van der Waals surface area contributed by atoms with Crippen LogP contribution in [0.2, 0.25) is 0 Å². The Morgan fingerprint density at radius 1 is 0.623 bits per heavy atom. The maximum absolute atomic E-state index is 7.45. The molecule has 0 amide bonds. The summed E-state index contributed by atoms with van der Waals surface area (Å²) in [5, 5.41) is 17.1. The molecule has 10 heteroatoms. The molecule has 0 N–H and O–H groups in total. The molecule has 10 nitrogen and oxygen atoms in total. The maximum atomic E-state index is 7.45. The van der Waals surface area contributed by atoms with Gasteiger partial charge in [-0.1, -0.05) is 68.8 Å². The number of hydrogen-bond acceptors (Lipinski definition) is 9. The monoisotopic (exact) mass is 919 g/mol. The molecular weight excluding hydrogens is 857 g/mol. The van der Waals surface area contributed by atoms with Crippen molar-refractivity contribution < 1.29 is 23.4 Å². The Bertz CT molecular complexity index is 3110. The fourth-order valence-corrected chi connectivity index (χ4v) is 13.6. The minimum atomic E-state index is -0.353. The summed E-state index contributed by atoms with van der Waals surface area (Å²) in [4.78, 5) is 12.3. The van der Waals surface area contributed by atoms with Gasteiger partial charge >= 0.3 is 0 Å². The Morgan fingerprint density at radius 3 is 1.80 bits per heavy atom. The third-order valence-corrected chi connectivity index (χ3v) is 17.2. The molecule has 0 saturated carbocycles. The number of ether oxygens (including phenoxy) is 4. The number of nitrogens with zero attached hydrogens (tertiary/aromatic N) is 6. The van der Waals surface area contributed by atoms with Crippen molar-refractivity contribution in [3.63, 3.8) is 0 Å². The van der Waals surface area contributed by atoms with E-state index in [1.165, 1.54) is 52.8 Å². The Balaban J connectivity index is 0.941. The molecule has 6 aliphatic heterocycles. The lowest BCUT2D eigenvalue weighted by Gasteiger charge is -2.59. The van der Waals surface area contributed by atoms with Crippen LogP contribution in [0.5, 0.6) is 23.3 Å². The average molecular weight is 920 g/mol. The van der Waals surface area contributed by atoms with Crippen LogP contribution in [-0.4, -0.2) is 82.0 Å². The van der Waals surface area contributed by atoms with Gasteiger partial charge in [0.15, 0.2) is 6.10 Å². The van der Waals surface area contributed by atoms with E-state index in [2.05, 4.69) is 104 Å². The lowest BCUT2D eigenvalue weighted by atomic mass is 9.70. The zero-order valence-corrected chi connectivity index (χ0v) is 40.3. The van der Waals surface area contributed by atoms with Crippen molar-refractivity contribution >= 4 is 43.4 Å². The zero-order chi connectivity index (χ0) is 46.6. The van der Waals surface area contributed by atoms with E-state index in [1.807, 2.05) is 42.7 Å². The second-order valence-corrected chi connectivity index (χ2v) is 20.5. The number of fused-ring (bicyclic) bond motifs is 10. The maximum Gasteiger partial charge on any atom is 0.234 e. The molecule has 4 bridgehead atoms. The second kappa shape index (κ2) is 18.2. The highest BCUT2D eigenvalue weighted by Gasteiger charge is 2.56. The lowest BCUT2D eigenvalue weighted by Crippen LogP contribution is -2.68. The van der Waals surface area contributed by atoms with Gasteiger partial charge in [0.1, 0.15) is 30.2 Å². The van der Waals surface area contributed by atoms with Gasteiger partial charge in [-0.2, -0.15) is 0 Å². The molecule has 3 aromatic heterocycles. The van der Waals surface area contributed by atoms with Crippen LogP contribution >= 0.6 is 0 Å². The summed E-state index contributed by atoms with van der Waals surface area (Å²) in [6.07, 6.45) is 10.1. The normalized spacial score (nSPS) is 26.1. The van der Waals surface area contributed by atoms with Crippen molar-refractivity contribution in [1.82, 2.24) is 25.1 Å². The number of aromatic nitrogens is 4. The standard InChI is InChI=1S/C59H63N6O4/c1-5-37-34-64-27-23-39(37)30-54(64)58(47-21-25-60-52-17-15-43(66-3)32-49(47)52)68-56-19-20-57(63-62-56)69-59(48-22-26-61-53-18-16-44(67-4)33-50(48)53)55-31-40-24-28-65(55,35-38(40)6-2)36-51-45-13-9-7-11-41(45)29-42-12-8-10-14-46(42)51/h7-22,25-26,29,32-33,37-40,54-55,58-59H,5-6,23-24,27-28,30-31,34-36H2,1-4H3/q+1/t37-,38-,39?,40+,54+,55?,58-,59-,65?/m0/s1. The molecule has 4 unspecified atom stereocenters. The smallest absolute Gasteiger partial charge is 0.234 e. The molecule has 0 radical (unpaired) electrons. The van der Waals surface area contributed by atoms with Gasteiger partial charge in [0, 0.05) is 77.3 Å². The quantitative estimate of drug-likeness (QED) is 0.0781. The van der Waals surface area contributed by atoms with Gasteiger partial charge in [-0.15, -0.1) is 10.2 Å². The average Bonchev–Trinajstić information content (AvgIpc) is 3.41. The predicted molar refractivity (Wildman–Crippen MR) is 273 cm³/mol. The van der Waals surface area contributed by atoms with Crippen molar-refractivity contribution in [2.75, 3.05) is 40.4 Å². The first-order valence-electron chi connectivity index (χ1n) is 25.4. The van der Waals surface area contributed by atoms with Crippen molar-refractivity contribution in [2.45, 2.75) is 83.2 Å². The number of methoxy groups -OCH3 is 2. The summed E-state index contributed by atoms with van der Waals surface area (Å²) in [6, 6.07) is 41.1. The van der Waals surface area contributed by atoms with E-state index in [9.17, 15) is 0 Å². The molecule has 6 aliphatic rings. The molecule has 9 heterocycles. The first-order chi connectivity index (χ1) is 33.9. The van der Waals surface area contributed by atoms with Crippen LogP contribution < -0.4 is 18.9 Å². The highest BCUT2D eigenvalue weighted by molar-refractivity contribution is 6.02. The topological polar surface area (TPSA) is 91.7 Å². The molecule has 8 aromatic rings. The molecule has 0 aliphatic carbocycles. The van der Waals surface area contributed by atoms with E-state index >= 15 is 0 Å². The summed E-state index contributed by atoms with van der Waals surface area (Å²) in [7, 11) is 3.44. The van der Waals surface area contributed by atoms with Crippen LogP contribution in [-0.2, 0) is 6.54 Å². The minimum absolute atomic E-state index is 0.128. The van der Waals surface area contributed by atoms with Crippen LogP contribution in [0, 0.1) is 23.7 Å². The first kappa shape index (κ1) is 43.9. The van der Waals surface area contributed by atoms with E-state index in [-0.39, 0.29) is 24.3 Å². The van der Waals surface area contributed by atoms with Gasteiger partial charge in [0.25, 0.3) is 0 Å². The summed E-state index contributed by atoms with van der Waals surface area (Å²) in [5.74, 6) is 5.17. The van der Waals surface area contributed by atoms with Crippen LogP contribution in [0.15, 0.2) is 128 Å². The number of piperidine rings is 6.